The van der Waals surface area contributed by atoms with Gasteiger partial charge in [-0.3, -0.25) is 0 Å². The Kier molecular flexibility index (Phi) is 3.20. The maximum atomic E-state index is 13.9. The molecule has 0 saturated heterocycles. The molecule has 0 aliphatic carbocycles. The van der Waals surface area contributed by atoms with Crippen LogP contribution in [0.25, 0.3) is 10.8 Å². The zero-order valence-corrected chi connectivity index (χ0v) is 12.7. The van der Waals surface area contributed by atoms with Gasteiger partial charge in [0.25, 0.3) is 0 Å². The van der Waals surface area contributed by atoms with Gasteiger partial charge < -0.3 is 10.6 Å². The molecule has 0 amide bonds. The molecule has 1 aliphatic heterocycles. The van der Waals surface area contributed by atoms with Crippen molar-refractivity contribution in [2.24, 2.45) is 0 Å². The molecule has 24 heavy (non-hydrogen) atoms. The van der Waals surface area contributed by atoms with E-state index in [1.165, 1.54) is 0 Å². The normalized spacial score (nSPS) is 15.6. The highest BCUT2D eigenvalue weighted by molar-refractivity contribution is 5.94. The number of benzene rings is 3. The summed E-state index contributed by atoms with van der Waals surface area (Å²) in [6, 6.07) is 19.7. The van der Waals surface area contributed by atoms with Gasteiger partial charge in [0.15, 0.2) is 0 Å². The number of alkyl halides is 3. The van der Waals surface area contributed by atoms with Crippen molar-refractivity contribution in [3.8, 4) is 0 Å². The summed E-state index contributed by atoms with van der Waals surface area (Å²) < 4.78 is 41.7. The number of hydrogen-bond donors (Lipinski definition) is 2. The third kappa shape index (κ3) is 2.37. The largest absolute Gasteiger partial charge is 0.430 e. The minimum atomic E-state index is -4.45. The molecule has 2 N–H and O–H groups in total. The molecule has 1 aliphatic rings. The molecule has 4 rings (SSSR count). The van der Waals surface area contributed by atoms with E-state index in [0.29, 0.717) is 16.9 Å². The van der Waals surface area contributed by atoms with E-state index in [2.05, 4.69) is 10.6 Å². The lowest BCUT2D eigenvalue weighted by Crippen LogP contribution is -2.56. The molecule has 0 fully saturated rings. The highest BCUT2D eigenvalue weighted by atomic mass is 19.4. The SMILES string of the molecule is FC(F)(F)C1(Cc2ccccc2)Nc2cc3ccccc3cc2N1. The fourth-order valence-corrected chi connectivity index (χ4v) is 3.17. The van der Waals surface area contributed by atoms with E-state index >= 15 is 0 Å². The van der Waals surface area contributed by atoms with Gasteiger partial charge in [-0.2, -0.15) is 13.2 Å². The molecular weight excluding hydrogens is 313 g/mol. The van der Waals surface area contributed by atoms with E-state index in [1.54, 1.807) is 42.5 Å². The summed E-state index contributed by atoms with van der Waals surface area (Å²) in [5.74, 6) is 0. The molecule has 0 saturated carbocycles. The number of nitrogens with one attached hydrogen (secondary N) is 2. The molecular formula is C19H15F3N2. The molecule has 0 bridgehead atoms. The molecule has 3 aromatic carbocycles. The van der Waals surface area contributed by atoms with Crippen LogP contribution in [0.2, 0.25) is 0 Å². The minimum Gasteiger partial charge on any atom is -0.353 e. The van der Waals surface area contributed by atoms with Crippen LogP contribution < -0.4 is 10.6 Å². The van der Waals surface area contributed by atoms with Gasteiger partial charge in [-0.15, -0.1) is 0 Å². The lowest BCUT2D eigenvalue weighted by Gasteiger charge is -2.33. The molecule has 3 aromatic rings. The third-order valence-corrected chi connectivity index (χ3v) is 4.38. The van der Waals surface area contributed by atoms with Crippen molar-refractivity contribution in [3.63, 3.8) is 0 Å². The molecule has 0 radical (unpaired) electrons. The quantitative estimate of drug-likeness (QED) is 0.677. The zero-order valence-electron chi connectivity index (χ0n) is 12.7. The summed E-state index contributed by atoms with van der Waals surface area (Å²) in [4.78, 5) is 0. The van der Waals surface area contributed by atoms with Crippen molar-refractivity contribution in [2.45, 2.75) is 18.3 Å². The second kappa shape index (κ2) is 5.16. The van der Waals surface area contributed by atoms with E-state index in [9.17, 15) is 13.2 Å². The molecule has 0 atom stereocenters. The van der Waals surface area contributed by atoms with Gasteiger partial charge in [0, 0.05) is 6.42 Å². The number of hydrogen-bond acceptors (Lipinski definition) is 2. The van der Waals surface area contributed by atoms with Crippen LogP contribution in [0.4, 0.5) is 24.5 Å². The second-order valence-electron chi connectivity index (χ2n) is 6.06. The van der Waals surface area contributed by atoms with E-state index in [4.69, 9.17) is 0 Å². The van der Waals surface area contributed by atoms with Crippen LogP contribution in [0.15, 0.2) is 66.7 Å². The first kappa shape index (κ1) is 14.9. The highest BCUT2D eigenvalue weighted by Gasteiger charge is 2.58. The fourth-order valence-electron chi connectivity index (χ4n) is 3.17. The summed E-state index contributed by atoms with van der Waals surface area (Å²) in [5.41, 5.74) is -0.635. The van der Waals surface area contributed by atoms with Crippen molar-refractivity contribution >= 4 is 22.1 Å². The lowest BCUT2D eigenvalue weighted by molar-refractivity contribution is -0.169. The highest BCUT2D eigenvalue weighted by Crippen LogP contribution is 2.45. The van der Waals surface area contributed by atoms with Crippen LogP contribution in [0.3, 0.4) is 0 Å². The van der Waals surface area contributed by atoms with Gasteiger partial charge in [-0.1, -0.05) is 54.6 Å². The minimum absolute atomic E-state index is 0.192. The Balaban J connectivity index is 1.77. The first-order valence-electron chi connectivity index (χ1n) is 7.67. The first-order valence-corrected chi connectivity index (χ1v) is 7.67. The maximum Gasteiger partial charge on any atom is 0.430 e. The summed E-state index contributed by atoms with van der Waals surface area (Å²) in [6.45, 7) is 0. The van der Waals surface area contributed by atoms with E-state index in [0.717, 1.165) is 10.8 Å². The van der Waals surface area contributed by atoms with E-state index in [1.807, 2.05) is 24.3 Å². The van der Waals surface area contributed by atoms with Crippen LogP contribution in [-0.4, -0.2) is 11.8 Å². The standard InChI is InChI=1S/C19H15F3N2/c20-19(21,22)18(12-13-6-2-1-3-7-13)23-16-10-14-8-4-5-9-15(14)11-17(16)24-18/h1-11,23-24H,12H2. The first-order chi connectivity index (χ1) is 11.5. The van der Waals surface area contributed by atoms with Gasteiger partial charge in [0.2, 0.25) is 5.66 Å². The fraction of sp³-hybridized carbons (Fsp3) is 0.158. The molecule has 0 spiro atoms. The Morgan fingerprint density at radius 1 is 0.750 bits per heavy atom. The predicted octanol–water partition coefficient (Wildman–Crippen LogP) is 5.18. The Morgan fingerprint density at radius 2 is 1.25 bits per heavy atom. The van der Waals surface area contributed by atoms with Crippen molar-refractivity contribution < 1.29 is 13.2 Å². The Labute approximate surface area is 137 Å². The van der Waals surface area contributed by atoms with Crippen LogP contribution in [0.1, 0.15) is 5.56 Å². The van der Waals surface area contributed by atoms with Crippen molar-refractivity contribution in [1.29, 1.82) is 0 Å². The van der Waals surface area contributed by atoms with Crippen LogP contribution >= 0.6 is 0 Å². The monoisotopic (exact) mass is 328 g/mol. The van der Waals surface area contributed by atoms with Crippen LogP contribution in [-0.2, 0) is 6.42 Å². The summed E-state index contributed by atoms with van der Waals surface area (Å²) in [5, 5.41) is 7.20. The van der Waals surface area contributed by atoms with Crippen molar-refractivity contribution in [2.75, 3.05) is 10.6 Å². The second-order valence-corrected chi connectivity index (χ2v) is 6.06. The van der Waals surface area contributed by atoms with Gasteiger partial charge in [0.1, 0.15) is 0 Å². The Bertz CT molecular complexity index is 844. The average Bonchev–Trinajstić information content (AvgIpc) is 2.91. The molecule has 0 aromatic heterocycles. The van der Waals surface area contributed by atoms with E-state index in [-0.39, 0.29) is 6.42 Å². The molecule has 0 unspecified atom stereocenters. The third-order valence-electron chi connectivity index (χ3n) is 4.38. The van der Waals surface area contributed by atoms with Gasteiger partial charge in [-0.25, -0.2) is 0 Å². The molecule has 122 valence electrons. The number of halogens is 3. The maximum absolute atomic E-state index is 13.9. The van der Waals surface area contributed by atoms with Crippen molar-refractivity contribution in [1.82, 2.24) is 0 Å². The average molecular weight is 328 g/mol. The summed E-state index contributed by atoms with van der Waals surface area (Å²) >= 11 is 0. The summed E-state index contributed by atoms with van der Waals surface area (Å²) in [7, 11) is 0. The topological polar surface area (TPSA) is 24.1 Å². The lowest BCUT2D eigenvalue weighted by atomic mass is 9.99. The van der Waals surface area contributed by atoms with Crippen LogP contribution in [0.5, 0.6) is 0 Å². The Morgan fingerprint density at radius 3 is 1.75 bits per heavy atom. The molecule has 5 heteroatoms. The number of anilines is 2. The van der Waals surface area contributed by atoms with Gasteiger partial charge >= 0.3 is 6.18 Å². The smallest absolute Gasteiger partial charge is 0.353 e. The number of fused-ring (bicyclic) bond motifs is 2. The van der Waals surface area contributed by atoms with E-state index < -0.39 is 11.8 Å². The van der Waals surface area contributed by atoms with Crippen molar-refractivity contribution in [3.05, 3.63) is 72.3 Å². The van der Waals surface area contributed by atoms with Crippen LogP contribution in [0, 0.1) is 0 Å². The van der Waals surface area contributed by atoms with Gasteiger partial charge in [0.05, 0.1) is 11.4 Å². The predicted molar refractivity (Wildman–Crippen MR) is 90.1 cm³/mol. The zero-order chi connectivity index (χ0) is 16.8. The molecule has 2 nitrogen and oxygen atoms in total. The molecule has 1 heterocycles. The van der Waals surface area contributed by atoms with Gasteiger partial charge in [-0.05, 0) is 28.5 Å². The Hall–Kier alpha value is -2.69. The number of rotatable bonds is 2. The summed E-state index contributed by atoms with van der Waals surface area (Å²) in [6.07, 6.45) is -4.64.